The molecule has 22 heavy (non-hydrogen) atoms. The minimum absolute atomic E-state index is 0.362. The van der Waals surface area contributed by atoms with Crippen LogP contribution >= 0.6 is 11.6 Å². The molecular weight excluding hydrogens is 322 g/mol. The Kier molecular flexibility index (Phi) is 4.20. The summed E-state index contributed by atoms with van der Waals surface area (Å²) >= 11 is 6.10. The average Bonchev–Trinajstić information content (AvgIpc) is 2.90. The molecule has 1 saturated heterocycles. The molecule has 2 aromatic rings. The lowest BCUT2D eigenvalue weighted by molar-refractivity contribution is 0.303. The fourth-order valence-electron chi connectivity index (χ4n) is 3.08. The molecule has 5 nitrogen and oxygen atoms in total. The maximum Gasteiger partial charge on any atom is 0.281 e. The molecule has 0 bridgehead atoms. The van der Waals surface area contributed by atoms with E-state index >= 15 is 0 Å². The smallest absolute Gasteiger partial charge is 0.281 e. The number of piperidine rings is 1. The standard InChI is InChI=1S/C15H20ClN3O2S/c1-18(2)22(20,21)19-7-5-11(6-8-19)14-10-17-15-4-3-12(16)9-13(14)15/h3-4,9-11,17H,5-8H2,1-2H3. The lowest BCUT2D eigenvalue weighted by Crippen LogP contribution is -2.44. The Morgan fingerprint density at radius 2 is 1.95 bits per heavy atom. The predicted molar refractivity (Wildman–Crippen MR) is 89.5 cm³/mol. The Morgan fingerprint density at radius 1 is 1.27 bits per heavy atom. The van der Waals surface area contributed by atoms with Crippen LogP contribution < -0.4 is 0 Å². The molecule has 2 heterocycles. The Balaban J connectivity index is 1.80. The highest BCUT2D eigenvalue weighted by molar-refractivity contribution is 7.86. The molecule has 1 fully saturated rings. The van der Waals surface area contributed by atoms with Crippen LogP contribution in [0.2, 0.25) is 5.02 Å². The van der Waals surface area contributed by atoms with Gasteiger partial charge in [0.2, 0.25) is 0 Å². The van der Waals surface area contributed by atoms with Gasteiger partial charge in [-0.05, 0) is 42.5 Å². The van der Waals surface area contributed by atoms with Crippen LogP contribution in [-0.2, 0) is 10.2 Å². The summed E-state index contributed by atoms with van der Waals surface area (Å²) in [6.07, 6.45) is 3.68. The number of hydrogen-bond donors (Lipinski definition) is 1. The first kappa shape index (κ1) is 15.8. The normalized spacial score (nSPS) is 18.4. The van der Waals surface area contributed by atoms with E-state index in [1.165, 1.54) is 9.87 Å². The zero-order valence-corrected chi connectivity index (χ0v) is 14.3. The van der Waals surface area contributed by atoms with Crippen molar-refractivity contribution in [3.8, 4) is 0 Å². The molecule has 120 valence electrons. The van der Waals surface area contributed by atoms with E-state index in [-0.39, 0.29) is 0 Å². The first-order valence-electron chi connectivity index (χ1n) is 7.33. The Labute approximate surface area is 136 Å². The second-order valence-electron chi connectivity index (χ2n) is 5.90. The molecule has 0 aliphatic carbocycles. The number of aromatic nitrogens is 1. The monoisotopic (exact) mass is 341 g/mol. The summed E-state index contributed by atoms with van der Waals surface area (Å²) in [6.45, 7) is 1.11. The van der Waals surface area contributed by atoms with Gasteiger partial charge in [-0.2, -0.15) is 17.0 Å². The van der Waals surface area contributed by atoms with Crippen molar-refractivity contribution in [1.29, 1.82) is 0 Å². The van der Waals surface area contributed by atoms with Crippen molar-refractivity contribution in [3.05, 3.63) is 35.0 Å². The molecule has 0 radical (unpaired) electrons. The number of benzene rings is 1. The lowest BCUT2D eigenvalue weighted by atomic mass is 9.90. The zero-order chi connectivity index (χ0) is 15.9. The molecule has 1 aliphatic rings. The highest BCUT2D eigenvalue weighted by Crippen LogP contribution is 2.34. The number of fused-ring (bicyclic) bond motifs is 1. The number of nitrogens with one attached hydrogen (secondary N) is 1. The van der Waals surface area contributed by atoms with E-state index in [4.69, 9.17) is 11.6 Å². The molecule has 0 spiro atoms. The number of aromatic amines is 1. The van der Waals surface area contributed by atoms with Gasteiger partial charge in [-0.3, -0.25) is 0 Å². The summed E-state index contributed by atoms with van der Waals surface area (Å²) in [5, 5.41) is 1.86. The van der Waals surface area contributed by atoms with Gasteiger partial charge in [-0.25, -0.2) is 0 Å². The van der Waals surface area contributed by atoms with Gasteiger partial charge in [0.1, 0.15) is 0 Å². The molecule has 0 saturated carbocycles. The van der Waals surface area contributed by atoms with Gasteiger partial charge >= 0.3 is 0 Å². The van der Waals surface area contributed by atoms with Crippen molar-refractivity contribution >= 4 is 32.7 Å². The van der Waals surface area contributed by atoms with E-state index in [1.807, 2.05) is 24.4 Å². The second-order valence-corrected chi connectivity index (χ2v) is 8.48. The van der Waals surface area contributed by atoms with Gasteiger partial charge in [0.15, 0.2) is 0 Å². The van der Waals surface area contributed by atoms with Crippen molar-refractivity contribution in [2.45, 2.75) is 18.8 Å². The van der Waals surface area contributed by atoms with E-state index in [1.54, 1.807) is 18.4 Å². The molecule has 1 aromatic carbocycles. The molecule has 0 atom stereocenters. The Bertz CT molecular complexity index is 777. The molecule has 0 unspecified atom stereocenters. The first-order chi connectivity index (χ1) is 10.4. The van der Waals surface area contributed by atoms with Crippen LogP contribution in [0.1, 0.15) is 24.3 Å². The van der Waals surface area contributed by atoms with Gasteiger partial charge in [-0.1, -0.05) is 11.6 Å². The summed E-state index contributed by atoms with van der Waals surface area (Å²) in [6, 6.07) is 5.83. The van der Waals surface area contributed by atoms with E-state index < -0.39 is 10.2 Å². The van der Waals surface area contributed by atoms with Gasteiger partial charge in [0.05, 0.1) is 0 Å². The Morgan fingerprint density at radius 3 is 2.59 bits per heavy atom. The third kappa shape index (κ3) is 2.76. The van der Waals surface area contributed by atoms with Crippen LogP contribution in [0.15, 0.2) is 24.4 Å². The third-order valence-electron chi connectivity index (χ3n) is 4.36. The predicted octanol–water partition coefficient (Wildman–Crippen LogP) is 2.81. The fraction of sp³-hybridized carbons (Fsp3) is 0.467. The molecule has 3 rings (SSSR count). The number of rotatable bonds is 3. The van der Waals surface area contributed by atoms with Crippen molar-refractivity contribution in [2.24, 2.45) is 0 Å². The highest BCUT2D eigenvalue weighted by Gasteiger charge is 2.30. The summed E-state index contributed by atoms with van der Waals surface area (Å²) in [5.41, 5.74) is 2.31. The largest absolute Gasteiger partial charge is 0.361 e. The number of halogens is 1. The topological polar surface area (TPSA) is 56.4 Å². The van der Waals surface area contributed by atoms with E-state index in [0.29, 0.717) is 19.0 Å². The summed E-state index contributed by atoms with van der Waals surface area (Å²) in [4.78, 5) is 3.27. The summed E-state index contributed by atoms with van der Waals surface area (Å²) < 4.78 is 27.2. The quantitative estimate of drug-likeness (QED) is 0.933. The molecule has 1 N–H and O–H groups in total. The SMILES string of the molecule is CN(C)S(=O)(=O)N1CCC(c2c[nH]c3ccc(Cl)cc23)CC1. The molecule has 7 heteroatoms. The Hall–Kier alpha value is -1.08. The molecule has 1 aromatic heterocycles. The van der Waals surface area contributed by atoms with E-state index in [2.05, 4.69) is 4.98 Å². The van der Waals surface area contributed by atoms with Gasteiger partial charge < -0.3 is 4.98 Å². The molecule has 1 aliphatic heterocycles. The maximum absolute atomic E-state index is 12.2. The maximum atomic E-state index is 12.2. The zero-order valence-electron chi connectivity index (χ0n) is 12.7. The number of hydrogen-bond acceptors (Lipinski definition) is 2. The minimum atomic E-state index is -3.30. The van der Waals surface area contributed by atoms with Crippen LogP contribution in [0.3, 0.4) is 0 Å². The van der Waals surface area contributed by atoms with Crippen LogP contribution in [0.4, 0.5) is 0 Å². The third-order valence-corrected chi connectivity index (χ3v) is 6.53. The van der Waals surface area contributed by atoms with Crippen LogP contribution in [-0.4, -0.2) is 49.2 Å². The van der Waals surface area contributed by atoms with Crippen molar-refractivity contribution in [2.75, 3.05) is 27.2 Å². The second kappa shape index (κ2) is 5.85. The molecule has 0 amide bonds. The number of nitrogens with zero attached hydrogens (tertiary/aromatic N) is 2. The first-order valence-corrected chi connectivity index (χ1v) is 9.11. The van der Waals surface area contributed by atoms with E-state index in [9.17, 15) is 8.42 Å². The molecular formula is C15H20ClN3O2S. The minimum Gasteiger partial charge on any atom is -0.361 e. The van der Waals surface area contributed by atoms with Gasteiger partial charge in [0.25, 0.3) is 10.2 Å². The van der Waals surface area contributed by atoms with Crippen LogP contribution in [0.5, 0.6) is 0 Å². The van der Waals surface area contributed by atoms with Gasteiger partial charge in [-0.15, -0.1) is 0 Å². The fourth-order valence-corrected chi connectivity index (χ4v) is 4.39. The van der Waals surface area contributed by atoms with E-state index in [0.717, 1.165) is 28.8 Å². The average molecular weight is 342 g/mol. The van der Waals surface area contributed by atoms with Crippen molar-refractivity contribution in [3.63, 3.8) is 0 Å². The van der Waals surface area contributed by atoms with Crippen LogP contribution in [0.25, 0.3) is 10.9 Å². The number of H-pyrrole nitrogens is 1. The summed E-state index contributed by atoms with van der Waals surface area (Å²) in [7, 11) is -0.159. The highest BCUT2D eigenvalue weighted by atomic mass is 35.5. The van der Waals surface area contributed by atoms with Crippen molar-refractivity contribution in [1.82, 2.24) is 13.6 Å². The lowest BCUT2D eigenvalue weighted by Gasteiger charge is -2.32. The van der Waals surface area contributed by atoms with Gasteiger partial charge in [0, 0.05) is 49.3 Å². The summed E-state index contributed by atoms with van der Waals surface area (Å²) in [5.74, 6) is 0.362. The van der Waals surface area contributed by atoms with Crippen molar-refractivity contribution < 1.29 is 8.42 Å². The van der Waals surface area contributed by atoms with Crippen LogP contribution in [0, 0.1) is 0 Å².